The standard InChI is InChI=1S/C17H30N2/c1-6-16(7-2)19(12-13(3)4)17-10-8-15(9-11-17)14(5)18/h8-11,13-14,16H,6-7,12,18H2,1-5H3/t14-/m1/s1. The van der Waals surface area contributed by atoms with Crippen LogP contribution in [-0.4, -0.2) is 12.6 Å². The Morgan fingerprint density at radius 1 is 1.00 bits per heavy atom. The van der Waals surface area contributed by atoms with E-state index in [9.17, 15) is 0 Å². The van der Waals surface area contributed by atoms with Crippen molar-refractivity contribution in [2.24, 2.45) is 11.7 Å². The van der Waals surface area contributed by atoms with Gasteiger partial charge in [-0.1, -0.05) is 39.8 Å². The zero-order chi connectivity index (χ0) is 14.4. The van der Waals surface area contributed by atoms with Gasteiger partial charge in [0.05, 0.1) is 0 Å². The van der Waals surface area contributed by atoms with Gasteiger partial charge in [0, 0.05) is 24.3 Å². The van der Waals surface area contributed by atoms with Gasteiger partial charge in [-0.2, -0.15) is 0 Å². The number of anilines is 1. The molecule has 0 spiro atoms. The number of nitrogens with zero attached hydrogens (tertiary/aromatic N) is 1. The van der Waals surface area contributed by atoms with Crippen molar-refractivity contribution in [1.82, 2.24) is 0 Å². The Morgan fingerprint density at radius 3 is 1.89 bits per heavy atom. The second-order valence-electron chi connectivity index (χ2n) is 5.90. The van der Waals surface area contributed by atoms with Crippen LogP contribution >= 0.6 is 0 Å². The fraction of sp³-hybridized carbons (Fsp3) is 0.647. The average molecular weight is 262 g/mol. The van der Waals surface area contributed by atoms with Crippen LogP contribution in [0, 0.1) is 5.92 Å². The molecule has 1 aromatic carbocycles. The molecule has 0 saturated heterocycles. The van der Waals surface area contributed by atoms with E-state index in [-0.39, 0.29) is 6.04 Å². The molecule has 0 aliphatic rings. The maximum absolute atomic E-state index is 5.92. The zero-order valence-corrected chi connectivity index (χ0v) is 13.2. The van der Waals surface area contributed by atoms with Gasteiger partial charge in [-0.05, 0) is 43.4 Å². The summed E-state index contributed by atoms with van der Waals surface area (Å²) in [6, 6.07) is 9.51. The van der Waals surface area contributed by atoms with E-state index in [0.29, 0.717) is 12.0 Å². The van der Waals surface area contributed by atoms with Crippen molar-refractivity contribution in [1.29, 1.82) is 0 Å². The van der Waals surface area contributed by atoms with Crippen molar-refractivity contribution in [3.63, 3.8) is 0 Å². The van der Waals surface area contributed by atoms with Crippen LogP contribution in [0.15, 0.2) is 24.3 Å². The molecule has 2 N–H and O–H groups in total. The van der Waals surface area contributed by atoms with Crippen LogP contribution in [0.1, 0.15) is 59.1 Å². The number of benzene rings is 1. The van der Waals surface area contributed by atoms with Crippen LogP contribution in [0.4, 0.5) is 5.69 Å². The summed E-state index contributed by atoms with van der Waals surface area (Å²) in [5.41, 5.74) is 8.45. The third-order valence-corrected chi connectivity index (χ3v) is 3.70. The predicted octanol–water partition coefficient (Wildman–Crippen LogP) is 4.36. The highest BCUT2D eigenvalue weighted by atomic mass is 15.2. The minimum atomic E-state index is 0.112. The quantitative estimate of drug-likeness (QED) is 0.791. The summed E-state index contributed by atoms with van der Waals surface area (Å²) in [4.78, 5) is 2.55. The summed E-state index contributed by atoms with van der Waals surface area (Å²) in [6.07, 6.45) is 2.39. The molecule has 2 nitrogen and oxygen atoms in total. The van der Waals surface area contributed by atoms with E-state index in [1.54, 1.807) is 0 Å². The molecule has 19 heavy (non-hydrogen) atoms. The second-order valence-corrected chi connectivity index (χ2v) is 5.90. The van der Waals surface area contributed by atoms with Gasteiger partial charge in [-0.3, -0.25) is 0 Å². The largest absolute Gasteiger partial charge is 0.368 e. The SMILES string of the molecule is CCC(CC)N(CC(C)C)c1ccc([C@@H](C)N)cc1. The molecule has 0 aliphatic carbocycles. The number of rotatable bonds is 7. The highest BCUT2D eigenvalue weighted by Crippen LogP contribution is 2.23. The van der Waals surface area contributed by atoms with Crippen LogP contribution in [-0.2, 0) is 0 Å². The third kappa shape index (κ3) is 4.54. The normalized spacial score (nSPS) is 13.1. The summed E-state index contributed by atoms with van der Waals surface area (Å²) in [5.74, 6) is 0.675. The van der Waals surface area contributed by atoms with Crippen molar-refractivity contribution < 1.29 is 0 Å². The van der Waals surface area contributed by atoms with E-state index in [1.165, 1.54) is 24.1 Å². The van der Waals surface area contributed by atoms with Gasteiger partial charge in [0.1, 0.15) is 0 Å². The molecule has 0 aromatic heterocycles. The lowest BCUT2D eigenvalue weighted by molar-refractivity contribution is 0.507. The molecule has 1 atom stereocenters. The maximum atomic E-state index is 5.92. The molecule has 0 saturated carbocycles. The number of hydrogen-bond acceptors (Lipinski definition) is 2. The Morgan fingerprint density at radius 2 is 1.53 bits per heavy atom. The third-order valence-electron chi connectivity index (χ3n) is 3.70. The van der Waals surface area contributed by atoms with Crippen LogP contribution < -0.4 is 10.6 Å². The van der Waals surface area contributed by atoms with E-state index in [4.69, 9.17) is 5.73 Å². The molecule has 0 amide bonds. The Hall–Kier alpha value is -1.02. The lowest BCUT2D eigenvalue weighted by atomic mass is 10.0. The first kappa shape index (κ1) is 16.0. The lowest BCUT2D eigenvalue weighted by Crippen LogP contribution is -2.37. The summed E-state index contributed by atoms with van der Waals surface area (Å²) >= 11 is 0. The molecule has 0 bridgehead atoms. The molecule has 0 heterocycles. The van der Waals surface area contributed by atoms with E-state index in [1.807, 2.05) is 6.92 Å². The van der Waals surface area contributed by atoms with Gasteiger partial charge < -0.3 is 10.6 Å². The molecule has 0 radical (unpaired) electrons. The molecule has 0 fully saturated rings. The summed E-state index contributed by atoms with van der Waals surface area (Å²) < 4.78 is 0. The fourth-order valence-corrected chi connectivity index (χ4v) is 2.56. The molecule has 1 aromatic rings. The monoisotopic (exact) mass is 262 g/mol. The highest BCUT2D eigenvalue weighted by Gasteiger charge is 2.17. The van der Waals surface area contributed by atoms with Crippen molar-refractivity contribution in [3.05, 3.63) is 29.8 Å². The Balaban J connectivity index is 2.96. The van der Waals surface area contributed by atoms with Gasteiger partial charge in [-0.15, -0.1) is 0 Å². The zero-order valence-electron chi connectivity index (χ0n) is 13.2. The predicted molar refractivity (Wildman–Crippen MR) is 85.6 cm³/mol. The molecular formula is C17H30N2. The summed E-state index contributed by atoms with van der Waals surface area (Å²) in [5, 5.41) is 0. The van der Waals surface area contributed by atoms with Gasteiger partial charge >= 0.3 is 0 Å². The van der Waals surface area contributed by atoms with Crippen molar-refractivity contribution in [3.8, 4) is 0 Å². The number of hydrogen-bond donors (Lipinski definition) is 1. The van der Waals surface area contributed by atoms with E-state index < -0.39 is 0 Å². The Bertz CT molecular complexity index is 350. The maximum Gasteiger partial charge on any atom is 0.0368 e. The summed E-state index contributed by atoms with van der Waals surface area (Å²) in [7, 11) is 0. The van der Waals surface area contributed by atoms with Crippen molar-refractivity contribution in [2.45, 2.75) is 59.5 Å². The van der Waals surface area contributed by atoms with Crippen LogP contribution in [0.3, 0.4) is 0 Å². The summed E-state index contributed by atoms with van der Waals surface area (Å²) in [6.45, 7) is 12.3. The molecule has 108 valence electrons. The first-order valence-corrected chi connectivity index (χ1v) is 7.61. The highest BCUT2D eigenvalue weighted by molar-refractivity contribution is 5.49. The smallest absolute Gasteiger partial charge is 0.0368 e. The molecule has 0 unspecified atom stereocenters. The average Bonchev–Trinajstić information content (AvgIpc) is 2.38. The van der Waals surface area contributed by atoms with E-state index >= 15 is 0 Å². The van der Waals surface area contributed by atoms with Gasteiger partial charge in [-0.25, -0.2) is 0 Å². The molecule has 0 aliphatic heterocycles. The topological polar surface area (TPSA) is 29.3 Å². The van der Waals surface area contributed by atoms with Gasteiger partial charge in [0.2, 0.25) is 0 Å². The molecular weight excluding hydrogens is 232 g/mol. The first-order valence-electron chi connectivity index (χ1n) is 7.61. The van der Waals surface area contributed by atoms with Crippen LogP contribution in [0.2, 0.25) is 0 Å². The van der Waals surface area contributed by atoms with Gasteiger partial charge in [0.25, 0.3) is 0 Å². The fourth-order valence-electron chi connectivity index (χ4n) is 2.56. The Labute approximate surface area is 119 Å². The molecule has 1 rings (SSSR count). The van der Waals surface area contributed by atoms with E-state index in [2.05, 4.69) is 56.9 Å². The number of nitrogens with two attached hydrogens (primary N) is 1. The minimum absolute atomic E-state index is 0.112. The Kier molecular flexibility index (Phi) is 6.36. The van der Waals surface area contributed by atoms with E-state index in [0.717, 1.165) is 6.54 Å². The first-order chi connectivity index (χ1) is 8.99. The van der Waals surface area contributed by atoms with Gasteiger partial charge in [0.15, 0.2) is 0 Å². The van der Waals surface area contributed by atoms with Crippen LogP contribution in [0.25, 0.3) is 0 Å². The second kappa shape index (κ2) is 7.54. The van der Waals surface area contributed by atoms with Crippen molar-refractivity contribution in [2.75, 3.05) is 11.4 Å². The lowest BCUT2D eigenvalue weighted by Gasteiger charge is -2.34. The minimum Gasteiger partial charge on any atom is -0.368 e. The van der Waals surface area contributed by atoms with Crippen molar-refractivity contribution >= 4 is 5.69 Å². The van der Waals surface area contributed by atoms with Crippen LogP contribution in [0.5, 0.6) is 0 Å². The molecule has 2 heteroatoms.